The van der Waals surface area contributed by atoms with Gasteiger partial charge in [0.05, 0.1) is 6.21 Å². The zero-order chi connectivity index (χ0) is 20.1. The third kappa shape index (κ3) is 4.99. The second-order valence-corrected chi connectivity index (χ2v) is 7.65. The molecule has 0 spiro atoms. The topological polar surface area (TPSA) is 60.8 Å². The van der Waals surface area contributed by atoms with Crippen LogP contribution in [0.25, 0.3) is 0 Å². The van der Waals surface area contributed by atoms with E-state index < -0.39 is 0 Å². The molecule has 2 aliphatic heterocycles. The standard InChI is InChI=1S/C21H28FN7/c1-27(23-16-17-8-10-18(22)11-9-17)19-24-20(28-12-4-2-5-13-28)26-21(25-19)29-14-6-3-7-15-29/h8-11,16H,2-7,12-15H2,1H3/b23-16+. The summed E-state index contributed by atoms with van der Waals surface area (Å²) in [7, 11) is 1.83. The van der Waals surface area contributed by atoms with E-state index in [4.69, 9.17) is 15.0 Å². The van der Waals surface area contributed by atoms with E-state index >= 15 is 0 Å². The van der Waals surface area contributed by atoms with Crippen LogP contribution >= 0.6 is 0 Å². The highest BCUT2D eigenvalue weighted by Gasteiger charge is 2.21. The lowest BCUT2D eigenvalue weighted by atomic mass is 10.1. The van der Waals surface area contributed by atoms with Gasteiger partial charge >= 0.3 is 0 Å². The molecule has 1 aromatic carbocycles. The number of benzene rings is 1. The molecule has 2 aromatic rings. The van der Waals surface area contributed by atoms with Crippen molar-refractivity contribution in [3.63, 3.8) is 0 Å². The Morgan fingerprint density at radius 1 is 0.828 bits per heavy atom. The first-order valence-corrected chi connectivity index (χ1v) is 10.5. The molecule has 3 heterocycles. The second-order valence-electron chi connectivity index (χ2n) is 7.65. The lowest BCUT2D eigenvalue weighted by molar-refractivity contribution is 0.555. The molecule has 0 saturated carbocycles. The SMILES string of the molecule is CN(/N=C/c1ccc(F)cc1)c1nc(N2CCCCC2)nc(N2CCCCC2)n1. The molecule has 154 valence electrons. The molecule has 1 aromatic heterocycles. The summed E-state index contributed by atoms with van der Waals surface area (Å²) in [6, 6.07) is 6.23. The van der Waals surface area contributed by atoms with E-state index in [9.17, 15) is 4.39 Å². The number of nitrogens with zero attached hydrogens (tertiary/aromatic N) is 7. The van der Waals surface area contributed by atoms with Gasteiger partial charge in [0.1, 0.15) is 5.82 Å². The van der Waals surface area contributed by atoms with Gasteiger partial charge in [0, 0.05) is 33.2 Å². The van der Waals surface area contributed by atoms with Crippen molar-refractivity contribution in [2.75, 3.05) is 48.0 Å². The quantitative estimate of drug-likeness (QED) is 0.569. The maximum atomic E-state index is 13.1. The molecular formula is C21H28FN7. The van der Waals surface area contributed by atoms with E-state index in [0.717, 1.165) is 43.6 Å². The number of hydrogen-bond donors (Lipinski definition) is 0. The zero-order valence-electron chi connectivity index (χ0n) is 17.0. The summed E-state index contributed by atoms with van der Waals surface area (Å²) in [5.74, 6) is 1.74. The highest BCUT2D eigenvalue weighted by molar-refractivity contribution is 5.80. The highest BCUT2D eigenvalue weighted by atomic mass is 19.1. The first kappa shape index (κ1) is 19.5. The number of anilines is 3. The predicted octanol–water partition coefficient (Wildman–Crippen LogP) is 3.46. The minimum Gasteiger partial charge on any atom is -0.341 e. The lowest BCUT2D eigenvalue weighted by Crippen LogP contribution is -2.35. The van der Waals surface area contributed by atoms with Gasteiger partial charge in [-0.2, -0.15) is 20.1 Å². The Labute approximate surface area is 171 Å². The molecule has 2 aliphatic rings. The van der Waals surface area contributed by atoms with Gasteiger partial charge in [0.25, 0.3) is 5.95 Å². The summed E-state index contributed by atoms with van der Waals surface area (Å²) in [6.07, 6.45) is 8.86. The van der Waals surface area contributed by atoms with Gasteiger partial charge in [0.2, 0.25) is 11.9 Å². The summed E-state index contributed by atoms with van der Waals surface area (Å²) in [6.45, 7) is 3.91. The third-order valence-electron chi connectivity index (χ3n) is 5.42. The summed E-state index contributed by atoms with van der Waals surface area (Å²) in [5.41, 5.74) is 0.819. The van der Waals surface area contributed by atoms with Gasteiger partial charge in [-0.05, 0) is 56.2 Å². The van der Waals surface area contributed by atoms with Crippen molar-refractivity contribution in [2.24, 2.45) is 5.10 Å². The van der Waals surface area contributed by atoms with Crippen LogP contribution in [-0.4, -0.2) is 54.4 Å². The smallest absolute Gasteiger partial charge is 0.252 e. The molecule has 2 saturated heterocycles. The molecule has 0 aliphatic carbocycles. The van der Waals surface area contributed by atoms with E-state index in [-0.39, 0.29) is 5.82 Å². The van der Waals surface area contributed by atoms with Crippen LogP contribution in [0.1, 0.15) is 44.1 Å². The first-order valence-electron chi connectivity index (χ1n) is 10.5. The van der Waals surface area contributed by atoms with Crippen molar-refractivity contribution in [3.05, 3.63) is 35.6 Å². The van der Waals surface area contributed by atoms with Crippen LogP contribution in [-0.2, 0) is 0 Å². The van der Waals surface area contributed by atoms with Crippen LogP contribution in [0, 0.1) is 5.82 Å². The Hall–Kier alpha value is -2.77. The molecule has 0 bridgehead atoms. The molecule has 7 nitrogen and oxygen atoms in total. The van der Waals surface area contributed by atoms with Gasteiger partial charge in [-0.1, -0.05) is 12.1 Å². The molecule has 4 rings (SSSR count). The van der Waals surface area contributed by atoms with E-state index in [1.807, 2.05) is 7.05 Å². The minimum absolute atomic E-state index is 0.259. The Morgan fingerprint density at radius 3 is 1.86 bits per heavy atom. The largest absolute Gasteiger partial charge is 0.341 e. The second kappa shape index (κ2) is 9.15. The van der Waals surface area contributed by atoms with E-state index in [0.29, 0.717) is 5.95 Å². The van der Waals surface area contributed by atoms with Gasteiger partial charge in [0.15, 0.2) is 0 Å². The molecule has 0 amide bonds. The minimum atomic E-state index is -0.259. The average molecular weight is 398 g/mol. The molecule has 0 radical (unpaired) electrons. The fourth-order valence-electron chi connectivity index (χ4n) is 3.71. The van der Waals surface area contributed by atoms with Crippen molar-refractivity contribution >= 4 is 24.1 Å². The molecule has 0 N–H and O–H groups in total. The Morgan fingerprint density at radius 2 is 1.34 bits per heavy atom. The van der Waals surface area contributed by atoms with E-state index in [1.54, 1.807) is 23.4 Å². The molecule has 0 atom stereocenters. The van der Waals surface area contributed by atoms with Gasteiger partial charge < -0.3 is 9.80 Å². The number of piperidine rings is 2. The summed E-state index contributed by atoms with van der Waals surface area (Å²) < 4.78 is 13.1. The average Bonchev–Trinajstić information content (AvgIpc) is 2.79. The Kier molecular flexibility index (Phi) is 6.17. The monoisotopic (exact) mass is 397 g/mol. The van der Waals surface area contributed by atoms with Gasteiger partial charge in [-0.25, -0.2) is 9.40 Å². The Bertz CT molecular complexity index is 791. The first-order chi connectivity index (χ1) is 14.2. The van der Waals surface area contributed by atoms with E-state index in [2.05, 4.69) is 14.9 Å². The predicted molar refractivity (Wildman–Crippen MR) is 114 cm³/mol. The number of hydrazone groups is 1. The fraction of sp³-hybridized carbons (Fsp3) is 0.524. The summed E-state index contributed by atoms with van der Waals surface area (Å²) in [4.78, 5) is 18.7. The maximum Gasteiger partial charge on any atom is 0.252 e. The zero-order valence-corrected chi connectivity index (χ0v) is 17.0. The van der Waals surface area contributed by atoms with Crippen LogP contribution < -0.4 is 14.8 Å². The van der Waals surface area contributed by atoms with Crippen molar-refractivity contribution in [2.45, 2.75) is 38.5 Å². The van der Waals surface area contributed by atoms with Crippen LogP contribution in [0.5, 0.6) is 0 Å². The van der Waals surface area contributed by atoms with Crippen molar-refractivity contribution in [1.82, 2.24) is 15.0 Å². The number of rotatable bonds is 5. The maximum absolute atomic E-state index is 13.1. The lowest BCUT2D eigenvalue weighted by Gasteiger charge is -2.30. The molecule has 8 heteroatoms. The normalized spacial score (nSPS) is 17.7. The molecule has 0 unspecified atom stereocenters. The van der Waals surface area contributed by atoms with Crippen LogP contribution in [0.4, 0.5) is 22.2 Å². The van der Waals surface area contributed by atoms with Crippen molar-refractivity contribution in [1.29, 1.82) is 0 Å². The van der Waals surface area contributed by atoms with Crippen LogP contribution in [0.3, 0.4) is 0 Å². The number of hydrogen-bond acceptors (Lipinski definition) is 7. The van der Waals surface area contributed by atoms with Crippen molar-refractivity contribution < 1.29 is 4.39 Å². The molecule has 2 fully saturated rings. The Balaban J connectivity index is 1.60. The number of halogens is 1. The summed E-state index contributed by atoms with van der Waals surface area (Å²) >= 11 is 0. The number of aromatic nitrogens is 3. The molecular weight excluding hydrogens is 369 g/mol. The highest BCUT2D eigenvalue weighted by Crippen LogP contribution is 2.23. The molecule has 29 heavy (non-hydrogen) atoms. The third-order valence-corrected chi connectivity index (χ3v) is 5.42. The van der Waals surface area contributed by atoms with Gasteiger partial charge in [-0.15, -0.1) is 0 Å². The fourth-order valence-corrected chi connectivity index (χ4v) is 3.71. The summed E-state index contributed by atoms with van der Waals surface area (Å²) in [5, 5.41) is 6.12. The van der Waals surface area contributed by atoms with Crippen LogP contribution in [0.2, 0.25) is 0 Å². The van der Waals surface area contributed by atoms with E-state index in [1.165, 1.54) is 50.7 Å². The van der Waals surface area contributed by atoms with Crippen LogP contribution in [0.15, 0.2) is 29.4 Å². The van der Waals surface area contributed by atoms with Gasteiger partial charge in [-0.3, -0.25) is 0 Å². The van der Waals surface area contributed by atoms with Crippen molar-refractivity contribution in [3.8, 4) is 0 Å².